The van der Waals surface area contributed by atoms with Crippen LogP contribution in [0, 0.1) is 32.9 Å². The van der Waals surface area contributed by atoms with Crippen LogP contribution >= 0.6 is 0 Å². The van der Waals surface area contributed by atoms with Crippen LogP contribution in [-0.4, -0.2) is 34.0 Å². The number of fused-ring (bicyclic) bond motifs is 3. The van der Waals surface area contributed by atoms with Gasteiger partial charge < -0.3 is 9.30 Å². The molecule has 9 heteroatoms. The molecule has 0 aliphatic heterocycles. The van der Waals surface area contributed by atoms with Crippen molar-refractivity contribution in [1.29, 1.82) is 0 Å². The van der Waals surface area contributed by atoms with E-state index in [0.717, 1.165) is 55.4 Å². The molecule has 0 spiro atoms. The molecule has 7 nitrogen and oxygen atoms in total. The molecule has 0 atom stereocenters. The first-order valence-electron chi connectivity index (χ1n) is 14.1. The number of sulfone groups is 1. The molecule has 0 bridgehead atoms. The summed E-state index contributed by atoms with van der Waals surface area (Å²) in [4.78, 5) is 4.96. The molecule has 45 heavy (non-hydrogen) atoms. The van der Waals surface area contributed by atoms with E-state index in [9.17, 15) is 8.42 Å². The summed E-state index contributed by atoms with van der Waals surface area (Å²) in [5.41, 5.74) is 7.34. The Morgan fingerprint density at radius 3 is 2.33 bits per heavy atom. The number of hydrogen-bond donors (Lipinski definition) is 0. The van der Waals surface area contributed by atoms with Crippen LogP contribution in [0.5, 0.6) is 11.5 Å². The third kappa shape index (κ3) is 5.72. The van der Waals surface area contributed by atoms with Crippen LogP contribution in [0.1, 0.15) is 16.7 Å². The van der Waals surface area contributed by atoms with Gasteiger partial charge in [0, 0.05) is 41.2 Å². The van der Waals surface area contributed by atoms with Crippen molar-refractivity contribution in [3.05, 3.63) is 126 Å². The van der Waals surface area contributed by atoms with Gasteiger partial charge in [-0.2, -0.15) is 17.2 Å². The summed E-state index contributed by atoms with van der Waals surface area (Å²) in [5.74, 6) is 1.90. The van der Waals surface area contributed by atoms with E-state index in [4.69, 9.17) is 4.74 Å². The maximum Gasteiger partial charge on any atom is 2.00 e. The molecule has 226 valence electrons. The van der Waals surface area contributed by atoms with E-state index in [-0.39, 0.29) is 21.1 Å². The standard InChI is InChI=1S/C36H28N4O3S.Pt/c1-23-14-15-37-35(16-23)40-33-11-6-5-10-31(33)32-13-12-29(20-34(32)40)43-28-9-7-8-27(19-28)39-22-26(21-38-39)36-24(2)17-30(18-25(36)3)44(4,41)42;/h5-18,21-22H,1-4H3;/q-2;+2. The molecular formula is C36H28N4O3PtS. The number of benzene rings is 4. The van der Waals surface area contributed by atoms with Gasteiger partial charge in [-0.1, -0.05) is 23.7 Å². The van der Waals surface area contributed by atoms with E-state index in [2.05, 4.69) is 58.0 Å². The summed E-state index contributed by atoms with van der Waals surface area (Å²) in [6, 6.07) is 32.1. The molecular weight excluding hydrogens is 764 g/mol. The Bertz CT molecular complexity index is 2320. The Morgan fingerprint density at radius 1 is 0.822 bits per heavy atom. The summed E-state index contributed by atoms with van der Waals surface area (Å²) in [6.07, 6.45) is 6.73. The van der Waals surface area contributed by atoms with Gasteiger partial charge in [-0.25, -0.2) is 13.4 Å². The molecule has 0 aliphatic carbocycles. The second-order valence-electron chi connectivity index (χ2n) is 11.0. The Morgan fingerprint density at radius 2 is 1.58 bits per heavy atom. The number of para-hydroxylation sites is 1. The molecule has 0 amide bonds. The Labute approximate surface area is 276 Å². The smallest absolute Gasteiger partial charge is 0.509 e. The molecule has 3 heterocycles. The second-order valence-corrected chi connectivity index (χ2v) is 13.0. The zero-order valence-electron chi connectivity index (χ0n) is 25.0. The van der Waals surface area contributed by atoms with Gasteiger partial charge in [-0.15, -0.1) is 35.7 Å². The van der Waals surface area contributed by atoms with E-state index in [1.165, 1.54) is 6.26 Å². The minimum Gasteiger partial charge on any atom is -0.509 e. The van der Waals surface area contributed by atoms with Crippen molar-refractivity contribution in [3.63, 3.8) is 0 Å². The van der Waals surface area contributed by atoms with Crippen molar-refractivity contribution in [2.24, 2.45) is 0 Å². The van der Waals surface area contributed by atoms with Crippen molar-refractivity contribution in [3.8, 4) is 34.1 Å². The third-order valence-corrected chi connectivity index (χ3v) is 8.80. The summed E-state index contributed by atoms with van der Waals surface area (Å²) < 4.78 is 34.3. The van der Waals surface area contributed by atoms with Gasteiger partial charge in [0.15, 0.2) is 9.84 Å². The van der Waals surface area contributed by atoms with Gasteiger partial charge >= 0.3 is 21.1 Å². The number of nitrogens with zero attached hydrogens (tertiary/aromatic N) is 4. The van der Waals surface area contributed by atoms with Crippen LogP contribution in [0.3, 0.4) is 0 Å². The van der Waals surface area contributed by atoms with Crippen LogP contribution in [0.15, 0.2) is 102 Å². The van der Waals surface area contributed by atoms with Gasteiger partial charge in [0.2, 0.25) is 0 Å². The molecule has 0 saturated carbocycles. The topological polar surface area (TPSA) is 79.0 Å². The molecule has 0 aliphatic rings. The fourth-order valence-electron chi connectivity index (χ4n) is 5.74. The molecule has 0 radical (unpaired) electrons. The zero-order valence-corrected chi connectivity index (χ0v) is 28.1. The van der Waals surface area contributed by atoms with Gasteiger partial charge in [0.05, 0.1) is 11.1 Å². The van der Waals surface area contributed by atoms with Gasteiger partial charge in [0.1, 0.15) is 5.82 Å². The van der Waals surface area contributed by atoms with Gasteiger partial charge in [0.25, 0.3) is 0 Å². The summed E-state index contributed by atoms with van der Waals surface area (Å²) >= 11 is 0. The van der Waals surface area contributed by atoms with Crippen molar-refractivity contribution in [1.82, 2.24) is 19.3 Å². The molecule has 4 aromatic carbocycles. The molecule has 7 aromatic rings. The number of aromatic nitrogens is 4. The average molecular weight is 792 g/mol. The maximum absolute atomic E-state index is 12.1. The first-order valence-corrected chi connectivity index (χ1v) is 16.0. The second kappa shape index (κ2) is 11.8. The quantitative estimate of drug-likeness (QED) is 0.161. The number of pyridine rings is 1. The largest absolute Gasteiger partial charge is 2.00 e. The van der Waals surface area contributed by atoms with Crippen molar-refractivity contribution < 1.29 is 34.2 Å². The van der Waals surface area contributed by atoms with Crippen LogP contribution in [0.4, 0.5) is 0 Å². The van der Waals surface area contributed by atoms with Gasteiger partial charge in [-0.05, 0) is 84.4 Å². The SMILES string of the molecule is Cc1ccnc(-n2c3[c-]c(Oc4[c-]c(-n5cc(-c6c(C)cc(S(C)(=O)=O)cc6C)cn5)ccc4)ccc3c3ccccc32)c1.[Pt+2]. The Kier molecular flexibility index (Phi) is 7.98. The molecule has 7 rings (SSSR count). The minimum atomic E-state index is -3.30. The molecule has 0 N–H and O–H groups in total. The number of rotatable bonds is 6. The van der Waals surface area contributed by atoms with E-state index in [1.807, 2.05) is 68.7 Å². The van der Waals surface area contributed by atoms with Gasteiger partial charge in [-0.3, -0.25) is 4.68 Å². The number of hydrogen-bond acceptors (Lipinski definition) is 5. The zero-order chi connectivity index (χ0) is 30.6. The molecule has 3 aromatic heterocycles. The number of ether oxygens (including phenoxy) is 1. The summed E-state index contributed by atoms with van der Waals surface area (Å²) in [6.45, 7) is 5.88. The van der Waals surface area contributed by atoms with Crippen molar-refractivity contribution in [2.75, 3.05) is 6.26 Å². The van der Waals surface area contributed by atoms with Crippen molar-refractivity contribution >= 4 is 31.6 Å². The van der Waals surface area contributed by atoms with Crippen molar-refractivity contribution in [2.45, 2.75) is 25.7 Å². The molecule has 0 fully saturated rings. The summed E-state index contributed by atoms with van der Waals surface area (Å²) in [5, 5.41) is 6.76. The first kappa shape index (κ1) is 30.5. The average Bonchev–Trinajstić information content (AvgIpc) is 3.59. The minimum absolute atomic E-state index is 0. The van der Waals surface area contributed by atoms with E-state index in [0.29, 0.717) is 22.1 Å². The van der Waals surface area contributed by atoms with E-state index < -0.39 is 9.84 Å². The fourth-order valence-corrected chi connectivity index (χ4v) is 6.52. The van der Waals surface area contributed by atoms with E-state index >= 15 is 0 Å². The fraction of sp³-hybridized carbons (Fsp3) is 0.111. The Balaban J connectivity index is 0.00000357. The molecule has 0 saturated heterocycles. The van der Waals surface area contributed by atoms with Crippen LogP contribution < -0.4 is 4.74 Å². The molecule has 0 unspecified atom stereocenters. The predicted molar refractivity (Wildman–Crippen MR) is 173 cm³/mol. The maximum atomic E-state index is 12.1. The van der Waals surface area contributed by atoms with Crippen LogP contribution in [-0.2, 0) is 30.9 Å². The predicted octanol–water partition coefficient (Wildman–Crippen LogP) is 7.75. The Hall–Kier alpha value is -4.52. The van der Waals surface area contributed by atoms with Crippen LogP contribution in [0.25, 0.3) is 44.4 Å². The monoisotopic (exact) mass is 791 g/mol. The normalized spacial score (nSPS) is 11.6. The third-order valence-electron chi connectivity index (χ3n) is 7.71. The van der Waals surface area contributed by atoms with E-state index in [1.54, 1.807) is 23.0 Å². The first-order chi connectivity index (χ1) is 21.2. The van der Waals surface area contributed by atoms with Crippen LogP contribution in [0.2, 0.25) is 0 Å². The number of aryl methyl sites for hydroxylation is 3. The summed E-state index contributed by atoms with van der Waals surface area (Å²) in [7, 11) is -3.30.